The highest BCUT2D eigenvalue weighted by molar-refractivity contribution is 7.99. The number of amides is 1. The summed E-state index contributed by atoms with van der Waals surface area (Å²) in [5.74, 6) is 0.116. The second kappa shape index (κ2) is 10.0. The second-order valence-corrected chi connectivity index (χ2v) is 7.69. The molecule has 0 aliphatic carbocycles. The van der Waals surface area contributed by atoms with Crippen molar-refractivity contribution in [3.63, 3.8) is 0 Å². The van der Waals surface area contributed by atoms with E-state index < -0.39 is 0 Å². The van der Waals surface area contributed by atoms with Crippen LogP contribution < -0.4 is 5.32 Å². The van der Waals surface area contributed by atoms with Crippen molar-refractivity contribution in [3.05, 3.63) is 79.1 Å². The Balaban J connectivity index is 1.44. The van der Waals surface area contributed by atoms with Gasteiger partial charge < -0.3 is 9.88 Å². The van der Waals surface area contributed by atoms with E-state index in [4.69, 9.17) is 0 Å². The topological polar surface area (TPSA) is 77.6 Å². The van der Waals surface area contributed by atoms with Gasteiger partial charge in [0.15, 0.2) is 11.0 Å². The summed E-state index contributed by atoms with van der Waals surface area (Å²) in [6, 6.07) is 15.9. The highest BCUT2D eigenvalue weighted by atomic mass is 32.2. The third-order valence-electron chi connectivity index (χ3n) is 4.57. The number of nitrogens with zero attached hydrogens (tertiary/aromatic N) is 5. The fraction of sp³-hybridized carbons (Fsp3) is 0.182. The largest absolute Gasteiger partial charge is 0.355 e. The number of hydrogen-bond acceptors (Lipinski definition) is 5. The van der Waals surface area contributed by atoms with Crippen LogP contribution >= 0.6 is 11.8 Å². The molecule has 0 spiro atoms. The van der Waals surface area contributed by atoms with Crippen LogP contribution in [0.3, 0.4) is 0 Å². The quantitative estimate of drug-likeness (QED) is 0.321. The van der Waals surface area contributed by atoms with E-state index in [9.17, 15) is 9.18 Å². The lowest BCUT2D eigenvalue weighted by Crippen LogP contribution is -2.27. The van der Waals surface area contributed by atoms with Gasteiger partial charge in [-0.15, -0.1) is 10.2 Å². The zero-order valence-electron chi connectivity index (χ0n) is 16.7. The summed E-state index contributed by atoms with van der Waals surface area (Å²) >= 11 is 1.27. The minimum atomic E-state index is -0.376. The van der Waals surface area contributed by atoms with Crippen LogP contribution in [0.25, 0.3) is 17.1 Å². The summed E-state index contributed by atoms with van der Waals surface area (Å²) < 4.78 is 18.2. The molecule has 1 N–H and O–H groups in total. The third-order valence-corrected chi connectivity index (χ3v) is 5.50. The first kappa shape index (κ1) is 20.8. The Kier molecular flexibility index (Phi) is 6.73. The van der Waals surface area contributed by atoms with E-state index in [-0.39, 0.29) is 17.5 Å². The van der Waals surface area contributed by atoms with Gasteiger partial charge in [0.2, 0.25) is 5.91 Å². The molecule has 0 aliphatic heterocycles. The Morgan fingerprint density at radius 2 is 1.87 bits per heavy atom. The van der Waals surface area contributed by atoms with Gasteiger partial charge in [-0.3, -0.25) is 9.36 Å². The Bertz CT molecular complexity index is 1130. The highest BCUT2D eigenvalue weighted by Crippen LogP contribution is 2.29. The lowest BCUT2D eigenvalue weighted by molar-refractivity contribution is -0.118. The van der Waals surface area contributed by atoms with E-state index in [1.54, 1.807) is 35.3 Å². The normalized spacial score (nSPS) is 10.9. The van der Waals surface area contributed by atoms with Crippen molar-refractivity contribution in [2.45, 2.75) is 18.1 Å². The van der Waals surface area contributed by atoms with Crippen molar-refractivity contribution in [1.82, 2.24) is 29.6 Å². The van der Waals surface area contributed by atoms with Gasteiger partial charge in [-0.25, -0.2) is 9.37 Å². The molecule has 2 heterocycles. The minimum Gasteiger partial charge on any atom is -0.355 e. The molecule has 2 aromatic carbocycles. The predicted octanol–water partition coefficient (Wildman–Crippen LogP) is 3.57. The van der Waals surface area contributed by atoms with Crippen molar-refractivity contribution >= 4 is 17.7 Å². The molecule has 31 heavy (non-hydrogen) atoms. The van der Waals surface area contributed by atoms with E-state index in [1.807, 2.05) is 41.1 Å². The fourth-order valence-electron chi connectivity index (χ4n) is 3.08. The van der Waals surface area contributed by atoms with Crippen LogP contribution in [0.1, 0.15) is 6.42 Å². The van der Waals surface area contributed by atoms with Gasteiger partial charge in [0.25, 0.3) is 0 Å². The maximum absolute atomic E-state index is 14.4. The Labute approximate surface area is 183 Å². The monoisotopic (exact) mass is 436 g/mol. The van der Waals surface area contributed by atoms with E-state index >= 15 is 0 Å². The molecule has 7 nitrogen and oxygen atoms in total. The van der Waals surface area contributed by atoms with Gasteiger partial charge >= 0.3 is 0 Å². The molecule has 0 aliphatic rings. The number of para-hydroxylation sites is 1. The molecule has 0 fully saturated rings. The van der Waals surface area contributed by atoms with Crippen LogP contribution in [0.4, 0.5) is 4.39 Å². The molecule has 9 heteroatoms. The number of rotatable bonds is 9. The number of benzene rings is 2. The lowest BCUT2D eigenvalue weighted by Gasteiger charge is -2.11. The molecule has 0 radical (unpaired) electrons. The average molecular weight is 437 g/mol. The number of nitrogens with one attached hydrogen (secondary N) is 1. The molecule has 1 amide bonds. The second-order valence-electron chi connectivity index (χ2n) is 6.75. The summed E-state index contributed by atoms with van der Waals surface area (Å²) in [6.45, 7) is 1.37. The number of halogens is 1. The SMILES string of the molecule is O=C(CSc1nnc(-c2ccccc2F)n1-c1ccccc1)NCCCn1ccnc1. The van der Waals surface area contributed by atoms with Crippen LogP contribution in [-0.2, 0) is 11.3 Å². The molecule has 4 aromatic rings. The van der Waals surface area contributed by atoms with Crippen LogP contribution in [0.2, 0.25) is 0 Å². The van der Waals surface area contributed by atoms with Gasteiger partial charge in [0, 0.05) is 31.2 Å². The minimum absolute atomic E-state index is 0.0920. The maximum Gasteiger partial charge on any atom is 0.230 e. The molecule has 0 bridgehead atoms. The first-order valence-electron chi connectivity index (χ1n) is 9.83. The van der Waals surface area contributed by atoms with E-state index in [0.29, 0.717) is 23.1 Å². The molecule has 158 valence electrons. The number of hydrogen-bond donors (Lipinski definition) is 1. The summed E-state index contributed by atoms with van der Waals surface area (Å²) in [5.41, 5.74) is 1.16. The summed E-state index contributed by atoms with van der Waals surface area (Å²) in [6.07, 6.45) is 6.18. The molecular formula is C22H21FN6OS. The van der Waals surface area contributed by atoms with Crippen molar-refractivity contribution < 1.29 is 9.18 Å². The van der Waals surface area contributed by atoms with Gasteiger partial charge in [0.1, 0.15) is 5.82 Å². The van der Waals surface area contributed by atoms with E-state index in [0.717, 1.165) is 18.7 Å². The fourth-order valence-corrected chi connectivity index (χ4v) is 3.86. The predicted molar refractivity (Wildman–Crippen MR) is 117 cm³/mol. The van der Waals surface area contributed by atoms with Crippen molar-refractivity contribution in [2.75, 3.05) is 12.3 Å². The average Bonchev–Trinajstić information content (AvgIpc) is 3.46. The van der Waals surface area contributed by atoms with Crippen molar-refractivity contribution in [1.29, 1.82) is 0 Å². The lowest BCUT2D eigenvalue weighted by atomic mass is 10.2. The molecule has 2 aromatic heterocycles. The Morgan fingerprint density at radius 3 is 2.65 bits per heavy atom. The summed E-state index contributed by atoms with van der Waals surface area (Å²) in [4.78, 5) is 16.3. The zero-order valence-corrected chi connectivity index (χ0v) is 17.5. The van der Waals surface area contributed by atoms with Crippen LogP contribution in [-0.4, -0.2) is 42.5 Å². The van der Waals surface area contributed by atoms with Crippen molar-refractivity contribution in [3.8, 4) is 17.1 Å². The molecule has 0 saturated heterocycles. The number of aromatic nitrogens is 5. The number of carbonyl (C=O) groups is 1. The van der Waals surface area contributed by atoms with Gasteiger partial charge in [0.05, 0.1) is 17.6 Å². The number of carbonyl (C=O) groups excluding carboxylic acids is 1. The zero-order chi connectivity index (χ0) is 21.5. The maximum atomic E-state index is 14.4. The standard InChI is InChI=1S/C22H21FN6OS/c23-19-10-5-4-9-18(19)21-26-27-22(29(21)17-7-2-1-3-8-17)31-15-20(30)25-11-6-13-28-14-12-24-16-28/h1-5,7-10,12,14,16H,6,11,13,15H2,(H,25,30). The van der Waals surface area contributed by atoms with Crippen molar-refractivity contribution in [2.24, 2.45) is 0 Å². The van der Waals surface area contributed by atoms with Gasteiger partial charge in [-0.1, -0.05) is 42.1 Å². The number of thioether (sulfide) groups is 1. The molecule has 0 unspecified atom stereocenters. The molecule has 0 atom stereocenters. The summed E-state index contributed by atoms with van der Waals surface area (Å²) in [5, 5.41) is 11.9. The number of aryl methyl sites for hydroxylation is 1. The highest BCUT2D eigenvalue weighted by Gasteiger charge is 2.19. The summed E-state index contributed by atoms with van der Waals surface area (Å²) in [7, 11) is 0. The van der Waals surface area contributed by atoms with Crippen LogP contribution in [0.5, 0.6) is 0 Å². The first-order chi connectivity index (χ1) is 15.2. The molecule has 0 saturated carbocycles. The number of imidazole rings is 1. The van der Waals surface area contributed by atoms with Gasteiger partial charge in [-0.2, -0.15) is 0 Å². The van der Waals surface area contributed by atoms with Crippen LogP contribution in [0.15, 0.2) is 78.5 Å². The smallest absolute Gasteiger partial charge is 0.230 e. The van der Waals surface area contributed by atoms with E-state index in [2.05, 4.69) is 20.5 Å². The van der Waals surface area contributed by atoms with E-state index in [1.165, 1.54) is 17.8 Å². The molecular weight excluding hydrogens is 415 g/mol. The van der Waals surface area contributed by atoms with Crippen LogP contribution in [0, 0.1) is 5.82 Å². The Hall–Kier alpha value is -3.46. The first-order valence-corrected chi connectivity index (χ1v) is 10.8. The van der Waals surface area contributed by atoms with Gasteiger partial charge in [-0.05, 0) is 30.7 Å². The molecule has 4 rings (SSSR count). The third kappa shape index (κ3) is 5.18. The Morgan fingerprint density at radius 1 is 1.06 bits per heavy atom.